The number of anilines is 2. The zero-order chi connectivity index (χ0) is 47.9. The Morgan fingerprint density at radius 1 is 0.580 bits per heavy atom. The van der Waals surface area contributed by atoms with Crippen LogP contribution in [0.2, 0.25) is 0 Å². The summed E-state index contributed by atoms with van der Waals surface area (Å²) in [6, 6.07) is 65.5. The first kappa shape index (κ1) is 45.4. The van der Waals surface area contributed by atoms with Gasteiger partial charge < -0.3 is 9.45 Å². The molecule has 8 aromatic carbocycles. The van der Waals surface area contributed by atoms with E-state index in [9.17, 15) is 13.0 Å². The first-order valence-corrected chi connectivity index (χ1v) is 25.3. The molecule has 0 unspecified atom stereocenters. The number of hydrogen-bond donors (Lipinski definition) is 0. The summed E-state index contributed by atoms with van der Waals surface area (Å²) in [7, 11) is -4.27. The number of benzene rings is 8. The van der Waals surface area contributed by atoms with Crippen molar-refractivity contribution in [3.63, 3.8) is 0 Å². The van der Waals surface area contributed by atoms with Gasteiger partial charge in [-0.05, 0) is 132 Å². The molecule has 0 atom stereocenters. The van der Waals surface area contributed by atoms with Crippen LogP contribution in [0.1, 0.15) is 69.2 Å². The standard InChI is InChI=1S/C56H49N2.C7H8O3S/c1-55(2)50(57(44-25-10-6-11-26-44)48-35-31-39-19-14-16-29-46(39)53(48)55)37-33-42-23-18-24-43(52(42)41-21-8-5-9-22-41)34-38-51-56(3,4)54-47-30-17-15-20-40(47)32-36-49(54)58(51)45-27-12-7-13-28-45;1-6-2-4-7(5-3-6)11(8,9)10/h5-17,19-22,25-38H,18,23-24H2,1-4H3;2-5H,1H3,(H,8,9,10)/q+1;/p-1. The van der Waals surface area contributed by atoms with Crippen LogP contribution in [0.3, 0.4) is 0 Å². The number of aryl methyl sites for hydroxylation is 1. The monoisotopic (exact) mass is 920 g/mol. The zero-order valence-electron chi connectivity index (χ0n) is 39.9. The smallest absolute Gasteiger partial charge is 0.216 e. The van der Waals surface area contributed by atoms with Gasteiger partial charge in [-0.1, -0.05) is 165 Å². The number of nitrogens with zero attached hydrogens (tertiary/aromatic N) is 2. The fourth-order valence-corrected chi connectivity index (χ4v) is 11.3. The number of allylic oxidation sites excluding steroid dienone is 8. The minimum absolute atomic E-state index is 0.178. The van der Waals surface area contributed by atoms with Gasteiger partial charge in [0.15, 0.2) is 5.71 Å². The molecule has 0 amide bonds. The van der Waals surface area contributed by atoms with E-state index >= 15 is 0 Å². The van der Waals surface area contributed by atoms with E-state index in [1.165, 1.54) is 101 Å². The van der Waals surface area contributed by atoms with Gasteiger partial charge in [-0.15, -0.1) is 0 Å². The maximum absolute atomic E-state index is 10.4. The molecule has 3 aliphatic rings. The van der Waals surface area contributed by atoms with Crippen LogP contribution in [0, 0.1) is 6.92 Å². The van der Waals surface area contributed by atoms with Gasteiger partial charge in [0.05, 0.1) is 16.0 Å². The van der Waals surface area contributed by atoms with Gasteiger partial charge in [-0.3, -0.25) is 0 Å². The highest BCUT2D eigenvalue weighted by Gasteiger charge is 2.47. The molecule has 5 nitrogen and oxygen atoms in total. The molecule has 0 saturated carbocycles. The van der Waals surface area contributed by atoms with Gasteiger partial charge in [-0.2, -0.15) is 4.58 Å². The lowest BCUT2D eigenvalue weighted by molar-refractivity contribution is 0.463. The van der Waals surface area contributed by atoms with Crippen LogP contribution in [-0.4, -0.2) is 18.7 Å². The van der Waals surface area contributed by atoms with Crippen molar-refractivity contribution in [2.75, 3.05) is 4.90 Å². The van der Waals surface area contributed by atoms with Gasteiger partial charge in [-0.25, -0.2) is 8.42 Å². The van der Waals surface area contributed by atoms with Crippen molar-refractivity contribution < 1.29 is 13.0 Å². The minimum atomic E-state index is -4.27. The van der Waals surface area contributed by atoms with Crippen LogP contribution < -0.4 is 9.48 Å². The summed E-state index contributed by atoms with van der Waals surface area (Å²) >= 11 is 0. The fourth-order valence-electron chi connectivity index (χ4n) is 10.9. The average molecular weight is 921 g/mol. The summed E-state index contributed by atoms with van der Waals surface area (Å²) in [6.45, 7) is 11.4. The molecule has 1 aliphatic carbocycles. The van der Waals surface area contributed by atoms with Crippen LogP contribution in [0.4, 0.5) is 22.7 Å². The Kier molecular flexibility index (Phi) is 12.0. The van der Waals surface area contributed by atoms with Crippen molar-refractivity contribution in [2.45, 2.75) is 69.6 Å². The van der Waals surface area contributed by atoms with Gasteiger partial charge in [0.2, 0.25) is 11.4 Å². The largest absolute Gasteiger partial charge is 0.744 e. The topological polar surface area (TPSA) is 63.5 Å². The molecule has 0 N–H and O–H groups in total. The first-order chi connectivity index (χ1) is 33.3. The Bertz CT molecular complexity index is 3530. The summed E-state index contributed by atoms with van der Waals surface area (Å²) in [4.78, 5) is 2.32. The highest BCUT2D eigenvalue weighted by molar-refractivity contribution is 7.85. The molecule has 0 bridgehead atoms. The lowest BCUT2D eigenvalue weighted by Crippen LogP contribution is -2.28. The molecule has 6 heteroatoms. The Labute approximate surface area is 407 Å². The molecule has 0 radical (unpaired) electrons. The average Bonchev–Trinajstić information content (AvgIpc) is 3.74. The summed E-state index contributed by atoms with van der Waals surface area (Å²) in [5, 5.41) is 5.21. The number of rotatable bonds is 7. The Balaban J connectivity index is 0.000000445. The third kappa shape index (κ3) is 8.49. The van der Waals surface area contributed by atoms with E-state index in [0.717, 1.165) is 24.8 Å². The van der Waals surface area contributed by atoms with Crippen LogP contribution >= 0.6 is 0 Å². The minimum Gasteiger partial charge on any atom is -0.744 e. The number of fused-ring (bicyclic) bond motifs is 6. The number of para-hydroxylation sites is 2. The first-order valence-electron chi connectivity index (χ1n) is 23.9. The summed E-state index contributed by atoms with van der Waals surface area (Å²) in [5.74, 6) is 0. The van der Waals surface area contributed by atoms with Gasteiger partial charge >= 0.3 is 0 Å². The van der Waals surface area contributed by atoms with E-state index in [4.69, 9.17) is 0 Å². The second kappa shape index (κ2) is 18.3. The van der Waals surface area contributed by atoms with Crippen LogP contribution in [0.25, 0.3) is 27.1 Å². The predicted octanol–water partition coefficient (Wildman–Crippen LogP) is 15.6. The molecular formula is C63H56N2O3S. The maximum atomic E-state index is 10.4. The Morgan fingerprint density at radius 3 is 1.81 bits per heavy atom. The summed E-state index contributed by atoms with van der Waals surface area (Å²) < 4.78 is 33.7. The molecule has 8 aromatic rings. The van der Waals surface area contributed by atoms with E-state index in [1.807, 2.05) is 6.92 Å². The van der Waals surface area contributed by atoms with Crippen molar-refractivity contribution >= 4 is 65.7 Å². The molecule has 11 rings (SSSR count). The maximum Gasteiger partial charge on any atom is 0.216 e. The normalized spacial score (nSPS) is 17.4. The van der Waals surface area contributed by atoms with Gasteiger partial charge in [0.1, 0.15) is 10.1 Å². The molecule has 2 aliphatic heterocycles. The zero-order valence-corrected chi connectivity index (χ0v) is 40.7. The Morgan fingerprint density at radius 2 is 1.16 bits per heavy atom. The predicted molar refractivity (Wildman–Crippen MR) is 287 cm³/mol. The lowest BCUT2D eigenvalue weighted by atomic mass is 9.78. The van der Waals surface area contributed by atoms with Crippen molar-refractivity contribution in [1.82, 2.24) is 4.58 Å². The second-order valence-corrected chi connectivity index (χ2v) is 20.7. The highest BCUT2D eigenvalue weighted by atomic mass is 32.2. The van der Waals surface area contributed by atoms with E-state index in [1.54, 1.807) is 12.1 Å². The van der Waals surface area contributed by atoms with Crippen molar-refractivity contribution in [2.24, 2.45) is 0 Å². The van der Waals surface area contributed by atoms with E-state index < -0.39 is 10.1 Å². The third-order valence-electron chi connectivity index (χ3n) is 14.1. The molecule has 0 fully saturated rings. The van der Waals surface area contributed by atoms with Crippen molar-refractivity contribution in [3.8, 4) is 0 Å². The van der Waals surface area contributed by atoms with Gasteiger partial charge in [0, 0.05) is 46.6 Å². The third-order valence-corrected chi connectivity index (χ3v) is 15.0. The molecular weight excluding hydrogens is 865 g/mol. The fraction of sp³-hybridized carbons (Fsp3) is 0.159. The number of hydrogen-bond acceptors (Lipinski definition) is 4. The summed E-state index contributed by atoms with van der Waals surface area (Å²) in [5.41, 5.74) is 16.2. The van der Waals surface area contributed by atoms with Gasteiger partial charge in [0.25, 0.3) is 0 Å². The van der Waals surface area contributed by atoms with Crippen molar-refractivity contribution in [1.29, 1.82) is 0 Å². The Hall–Kier alpha value is -7.38. The molecule has 0 aromatic heterocycles. The molecule has 0 spiro atoms. The van der Waals surface area contributed by atoms with Crippen LogP contribution in [0.5, 0.6) is 0 Å². The van der Waals surface area contributed by atoms with E-state index in [2.05, 4.69) is 225 Å². The second-order valence-electron chi connectivity index (χ2n) is 19.3. The SMILES string of the molecule is CC1(C)C(/C=C/C2=C(c3ccccc3)C(=C/C=C3/N(c4ccccc4)c4ccc5ccccc5c4C3(C)C)/CCC2)=[N+](c2ccccc2)c2ccc3ccccc3c21.Cc1ccc(S(=O)(=O)[O-])cc1. The summed E-state index contributed by atoms with van der Waals surface area (Å²) in [6.07, 6.45) is 12.9. The van der Waals surface area contributed by atoms with Crippen molar-refractivity contribution in [3.05, 3.63) is 251 Å². The van der Waals surface area contributed by atoms with E-state index in [0.29, 0.717) is 0 Å². The van der Waals surface area contributed by atoms with Crippen LogP contribution in [-0.2, 0) is 20.9 Å². The lowest BCUT2D eigenvalue weighted by Gasteiger charge is -2.28. The quantitative estimate of drug-likeness (QED) is 0.118. The molecule has 69 heavy (non-hydrogen) atoms. The molecule has 342 valence electrons. The molecule has 2 heterocycles. The highest BCUT2D eigenvalue weighted by Crippen LogP contribution is 2.54. The molecule has 0 saturated heterocycles. The van der Waals surface area contributed by atoms with E-state index in [-0.39, 0.29) is 15.7 Å². The van der Waals surface area contributed by atoms with Crippen LogP contribution in [0.15, 0.2) is 234 Å².